The Hall–Kier alpha value is -1.72. The molecule has 0 radical (unpaired) electrons. The van der Waals surface area contributed by atoms with Gasteiger partial charge in [-0.2, -0.15) is 0 Å². The Morgan fingerprint density at radius 2 is 2.13 bits per heavy atom. The first-order valence-electron chi connectivity index (χ1n) is 8.03. The third kappa shape index (κ3) is 3.79. The molecule has 1 N–H and O–H groups in total. The van der Waals surface area contributed by atoms with Crippen molar-refractivity contribution in [3.05, 3.63) is 40.9 Å². The molecule has 1 fully saturated rings. The zero-order valence-electron chi connectivity index (χ0n) is 13.5. The van der Waals surface area contributed by atoms with Gasteiger partial charge < -0.3 is 5.11 Å². The highest BCUT2D eigenvalue weighted by Gasteiger charge is 2.28. The molecule has 4 nitrogen and oxygen atoms in total. The maximum absolute atomic E-state index is 11.0. The summed E-state index contributed by atoms with van der Waals surface area (Å²) in [5.41, 5.74) is 3.52. The van der Waals surface area contributed by atoms with Gasteiger partial charge >= 0.3 is 5.97 Å². The minimum Gasteiger partial charge on any atom is -0.481 e. The van der Waals surface area contributed by atoms with Gasteiger partial charge in [0.15, 0.2) is 0 Å². The van der Waals surface area contributed by atoms with Gasteiger partial charge in [0.2, 0.25) is 0 Å². The number of hydrogen-bond acceptors (Lipinski definition) is 4. The molecule has 1 aliphatic heterocycles. The maximum Gasteiger partial charge on any atom is 0.307 e. The molecule has 0 aliphatic carbocycles. The molecular formula is C18H22N2O2S. The second kappa shape index (κ2) is 6.81. The van der Waals surface area contributed by atoms with Gasteiger partial charge in [0.25, 0.3) is 0 Å². The van der Waals surface area contributed by atoms with Crippen LogP contribution in [0.25, 0.3) is 10.6 Å². The molecule has 1 aliphatic rings. The Labute approximate surface area is 140 Å². The van der Waals surface area contributed by atoms with Crippen molar-refractivity contribution in [3.8, 4) is 10.6 Å². The number of thiazole rings is 1. The lowest BCUT2D eigenvalue weighted by Crippen LogP contribution is -2.22. The Morgan fingerprint density at radius 1 is 1.39 bits per heavy atom. The van der Waals surface area contributed by atoms with Gasteiger partial charge in [-0.05, 0) is 24.4 Å². The number of aromatic nitrogens is 1. The van der Waals surface area contributed by atoms with Gasteiger partial charge in [-0.1, -0.05) is 38.1 Å². The minimum atomic E-state index is -0.684. The first-order valence-corrected chi connectivity index (χ1v) is 8.91. The Balaban J connectivity index is 1.65. The number of aliphatic carboxylic acids is 1. The van der Waals surface area contributed by atoms with Crippen molar-refractivity contribution in [2.24, 2.45) is 5.92 Å². The molecule has 1 aromatic heterocycles. The smallest absolute Gasteiger partial charge is 0.307 e. The molecule has 122 valence electrons. The van der Waals surface area contributed by atoms with Gasteiger partial charge in [0.05, 0.1) is 11.6 Å². The Kier molecular flexibility index (Phi) is 4.78. The first kappa shape index (κ1) is 16.1. The van der Waals surface area contributed by atoms with E-state index in [9.17, 15) is 4.79 Å². The summed E-state index contributed by atoms with van der Waals surface area (Å²) in [4.78, 5) is 17.9. The molecule has 1 aromatic carbocycles. The highest BCUT2D eigenvalue weighted by molar-refractivity contribution is 7.13. The zero-order chi connectivity index (χ0) is 16.4. The van der Waals surface area contributed by atoms with Gasteiger partial charge in [0, 0.05) is 24.0 Å². The Bertz CT molecular complexity index is 679. The van der Waals surface area contributed by atoms with E-state index in [0.29, 0.717) is 12.5 Å². The highest BCUT2D eigenvalue weighted by Crippen LogP contribution is 2.27. The number of rotatable bonds is 5. The average molecular weight is 330 g/mol. The number of benzene rings is 1. The van der Waals surface area contributed by atoms with Crippen LogP contribution in [0.2, 0.25) is 0 Å². The fraction of sp³-hybridized carbons (Fsp3) is 0.444. The molecule has 1 unspecified atom stereocenters. The molecule has 2 aromatic rings. The van der Waals surface area contributed by atoms with E-state index in [1.807, 2.05) is 0 Å². The second-order valence-electron chi connectivity index (χ2n) is 6.48. The third-order valence-electron chi connectivity index (χ3n) is 4.38. The summed E-state index contributed by atoms with van der Waals surface area (Å²) in [6.07, 6.45) is 0.739. The molecule has 0 amide bonds. The fourth-order valence-corrected chi connectivity index (χ4v) is 3.75. The van der Waals surface area contributed by atoms with Crippen molar-refractivity contribution in [1.29, 1.82) is 0 Å². The number of carboxylic acid groups (broad SMARTS) is 1. The second-order valence-corrected chi connectivity index (χ2v) is 7.34. The number of nitrogens with zero attached hydrogens (tertiary/aromatic N) is 2. The van der Waals surface area contributed by atoms with Crippen LogP contribution in [-0.2, 0) is 11.3 Å². The molecule has 0 bridgehead atoms. The van der Waals surface area contributed by atoms with Crippen molar-refractivity contribution < 1.29 is 9.90 Å². The van der Waals surface area contributed by atoms with Crippen molar-refractivity contribution >= 4 is 17.3 Å². The lowest BCUT2D eigenvalue weighted by molar-refractivity contribution is -0.141. The third-order valence-corrected chi connectivity index (χ3v) is 5.32. The first-order chi connectivity index (χ1) is 11.0. The zero-order valence-corrected chi connectivity index (χ0v) is 14.3. The molecule has 2 heterocycles. The maximum atomic E-state index is 11.0. The number of carboxylic acids is 1. The van der Waals surface area contributed by atoms with E-state index in [-0.39, 0.29) is 5.92 Å². The van der Waals surface area contributed by atoms with Gasteiger partial charge in [-0.15, -0.1) is 11.3 Å². The largest absolute Gasteiger partial charge is 0.481 e. The fourth-order valence-electron chi connectivity index (χ4n) is 2.93. The van der Waals surface area contributed by atoms with E-state index in [1.54, 1.807) is 11.3 Å². The molecule has 23 heavy (non-hydrogen) atoms. The monoisotopic (exact) mass is 330 g/mol. The topological polar surface area (TPSA) is 53.4 Å². The van der Waals surface area contributed by atoms with Crippen LogP contribution in [0.1, 0.15) is 37.4 Å². The van der Waals surface area contributed by atoms with Crippen LogP contribution in [0.5, 0.6) is 0 Å². The summed E-state index contributed by atoms with van der Waals surface area (Å²) in [6.45, 7) is 6.59. The van der Waals surface area contributed by atoms with Crippen LogP contribution in [0.15, 0.2) is 29.6 Å². The molecule has 3 rings (SSSR count). The summed E-state index contributed by atoms with van der Waals surface area (Å²) < 4.78 is 0. The summed E-state index contributed by atoms with van der Waals surface area (Å²) in [7, 11) is 0. The summed E-state index contributed by atoms with van der Waals surface area (Å²) in [5.74, 6) is -0.373. The molecule has 0 saturated carbocycles. The number of likely N-dealkylation sites (tertiary alicyclic amines) is 1. The number of carbonyl (C=O) groups is 1. The van der Waals surface area contributed by atoms with Crippen LogP contribution in [0, 0.1) is 5.92 Å². The lowest BCUT2D eigenvalue weighted by Gasteiger charge is -2.12. The van der Waals surface area contributed by atoms with Crippen LogP contribution in [-0.4, -0.2) is 34.0 Å². The molecule has 1 saturated heterocycles. The average Bonchev–Trinajstić information content (AvgIpc) is 3.17. The Morgan fingerprint density at radius 3 is 2.74 bits per heavy atom. The van der Waals surface area contributed by atoms with Crippen molar-refractivity contribution in [2.45, 2.75) is 32.7 Å². The van der Waals surface area contributed by atoms with Crippen molar-refractivity contribution in [2.75, 3.05) is 13.1 Å². The SMILES string of the molecule is CC(C)c1ccc(-c2nc(CN3CCC(C(=O)O)C3)cs2)cc1. The van der Waals surface area contributed by atoms with E-state index >= 15 is 0 Å². The molecule has 1 atom stereocenters. The van der Waals surface area contributed by atoms with Gasteiger partial charge in [0.1, 0.15) is 5.01 Å². The van der Waals surface area contributed by atoms with Crippen LogP contribution in [0.3, 0.4) is 0 Å². The van der Waals surface area contributed by atoms with E-state index in [0.717, 1.165) is 35.8 Å². The quantitative estimate of drug-likeness (QED) is 0.905. The lowest BCUT2D eigenvalue weighted by atomic mass is 10.0. The van der Waals surface area contributed by atoms with Gasteiger partial charge in [-0.3, -0.25) is 9.69 Å². The van der Waals surface area contributed by atoms with Crippen LogP contribution >= 0.6 is 11.3 Å². The normalized spacial score (nSPS) is 18.7. The molecular weight excluding hydrogens is 308 g/mol. The predicted octanol–water partition coefficient (Wildman–Crippen LogP) is 3.84. The predicted molar refractivity (Wildman–Crippen MR) is 92.7 cm³/mol. The standard InChI is InChI=1S/C18H22N2O2S/c1-12(2)13-3-5-14(6-4-13)17-19-16(11-23-17)10-20-8-7-15(9-20)18(21)22/h3-6,11-12,15H,7-10H2,1-2H3,(H,21,22). The van der Waals surface area contributed by atoms with Crippen molar-refractivity contribution in [3.63, 3.8) is 0 Å². The number of hydrogen-bond donors (Lipinski definition) is 1. The van der Waals surface area contributed by atoms with E-state index in [2.05, 4.69) is 48.4 Å². The summed E-state index contributed by atoms with van der Waals surface area (Å²) in [5, 5.41) is 12.2. The molecule has 5 heteroatoms. The minimum absolute atomic E-state index is 0.225. The van der Waals surface area contributed by atoms with E-state index < -0.39 is 5.97 Å². The van der Waals surface area contributed by atoms with Crippen molar-refractivity contribution in [1.82, 2.24) is 9.88 Å². The van der Waals surface area contributed by atoms with Crippen LogP contribution in [0.4, 0.5) is 0 Å². The summed E-state index contributed by atoms with van der Waals surface area (Å²) >= 11 is 1.65. The van der Waals surface area contributed by atoms with Crippen LogP contribution < -0.4 is 0 Å². The summed E-state index contributed by atoms with van der Waals surface area (Å²) in [6, 6.07) is 8.60. The van der Waals surface area contributed by atoms with Gasteiger partial charge in [-0.25, -0.2) is 4.98 Å². The van der Waals surface area contributed by atoms with E-state index in [4.69, 9.17) is 10.1 Å². The highest BCUT2D eigenvalue weighted by atomic mass is 32.1. The van der Waals surface area contributed by atoms with E-state index in [1.165, 1.54) is 5.56 Å². The molecule has 0 spiro atoms.